The number of pyridine rings is 1. The third-order valence-corrected chi connectivity index (χ3v) is 2.41. The van der Waals surface area contributed by atoms with Crippen molar-refractivity contribution in [2.45, 2.75) is 6.42 Å². The molecule has 0 amide bonds. The van der Waals surface area contributed by atoms with E-state index in [0.717, 1.165) is 6.07 Å². The van der Waals surface area contributed by atoms with Crippen LogP contribution in [0.3, 0.4) is 0 Å². The fourth-order valence-electron chi connectivity index (χ4n) is 1.65. The van der Waals surface area contributed by atoms with Gasteiger partial charge in [0.1, 0.15) is 5.82 Å². The Morgan fingerprint density at radius 3 is 2.71 bits per heavy atom. The summed E-state index contributed by atoms with van der Waals surface area (Å²) in [5, 5.41) is 8.96. The molecule has 0 saturated heterocycles. The molecule has 0 aliphatic heterocycles. The number of rotatable bonds is 3. The lowest BCUT2D eigenvalue weighted by atomic mass is 10.0. The molecule has 0 atom stereocenters. The van der Waals surface area contributed by atoms with Gasteiger partial charge in [0, 0.05) is 18.3 Å². The maximum atomic E-state index is 13.4. The number of carboxylic acid groups (broad SMARTS) is 1. The average Bonchev–Trinajstić information content (AvgIpc) is 2.30. The van der Waals surface area contributed by atoms with E-state index in [1.165, 1.54) is 6.07 Å². The van der Waals surface area contributed by atoms with Crippen LogP contribution in [0.15, 0.2) is 42.6 Å². The number of aromatic carboxylic acids is 1. The van der Waals surface area contributed by atoms with Gasteiger partial charge in [0.2, 0.25) is 0 Å². The molecular formula is C13H10FNO2. The maximum absolute atomic E-state index is 13.4. The van der Waals surface area contributed by atoms with Gasteiger partial charge in [-0.15, -0.1) is 0 Å². The molecular weight excluding hydrogens is 221 g/mol. The van der Waals surface area contributed by atoms with Crippen molar-refractivity contribution in [2.24, 2.45) is 0 Å². The van der Waals surface area contributed by atoms with E-state index in [1.807, 2.05) is 6.07 Å². The standard InChI is InChI=1S/C13H10FNO2/c14-11-6-3-4-9(12(11)13(16)17)8-10-5-1-2-7-15-10/h1-7H,8H2,(H,16,17). The molecule has 0 unspecified atom stereocenters. The number of halogens is 1. The molecule has 1 heterocycles. The van der Waals surface area contributed by atoms with Gasteiger partial charge in [-0.2, -0.15) is 0 Å². The summed E-state index contributed by atoms with van der Waals surface area (Å²) < 4.78 is 13.4. The number of carbonyl (C=O) groups is 1. The smallest absolute Gasteiger partial charge is 0.338 e. The van der Waals surface area contributed by atoms with E-state index in [9.17, 15) is 9.18 Å². The lowest BCUT2D eigenvalue weighted by Gasteiger charge is -2.06. The zero-order valence-corrected chi connectivity index (χ0v) is 8.93. The van der Waals surface area contributed by atoms with E-state index in [1.54, 1.807) is 24.4 Å². The molecule has 3 nitrogen and oxygen atoms in total. The fourth-order valence-corrected chi connectivity index (χ4v) is 1.65. The molecule has 0 spiro atoms. The van der Waals surface area contributed by atoms with E-state index in [-0.39, 0.29) is 5.56 Å². The summed E-state index contributed by atoms with van der Waals surface area (Å²) in [4.78, 5) is 15.1. The summed E-state index contributed by atoms with van der Waals surface area (Å²) in [5.41, 5.74) is 0.856. The summed E-state index contributed by atoms with van der Waals surface area (Å²) in [7, 11) is 0. The van der Waals surface area contributed by atoms with Gasteiger partial charge in [0.05, 0.1) is 5.56 Å². The van der Waals surface area contributed by atoms with E-state index >= 15 is 0 Å². The quantitative estimate of drug-likeness (QED) is 0.882. The van der Waals surface area contributed by atoms with Crippen LogP contribution in [0.1, 0.15) is 21.6 Å². The van der Waals surface area contributed by atoms with Gasteiger partial charge in [-0.25, -0.2) is 9.18 Å². The van der Waals surface area contributed by atoms with Crippen molar-refractivity contribution in [1.82, 2.24) is 4.98 Å². The Morgan fingerprint density at radius 2 is 2.06 bits per heavy atom. The Labute approximate surface area is 97.6 Å². The molecule has 86 valence electrons. The molecule has 0 radical (unpaired) electrons. The second-order valence-corrected chi connectivity index (χ2v) is 3.58. The first-order valence-corrected chi connectivity index (χ1v) is 5.09. The molecule has 0 bridgehead atoms. The highest BCUT2D eigenvalue weighted by Gasteiger charge is 2.15. The van der Waals surface area contributed by atoms with Gasteiger partial charge in [0.15, 0.2) is 0 Å². The molecule has 1 aromatic heterocycles. The number of carboxylic acids is 1. The zero-order chi connectivity index (χ0) is 12.3. The van der Waals surface area contributed by atoms with Crippen LogP contribution in [0.25, 0.3) is 0 Å². The number of hydrogen-bond donors (Lipinski definition) is 1. The second-order valence-electron chi connectivity index (χ2n) is 3.58. The predicted molar refractivity (Wildman–Crippen MR) is 60.4 cm³/mol. The first-order chi connectivity index (χ1) is 8.18. The Kier molecular flexibility index (Phi) is 3.14. The zero-order valence-electron chi connectivity index (χ0n) is 8.93. The number of hydrogen-bond acceptors (Lipinski definition) is 2. The molecule has 2 aromatic rings. The van der Waals surface area contributed by atoms with Crippen molar-refractivity contribution in [1.29, 1.82) is 0 Å². The van der Waals surface area contributed by atoms with Crippen LogP contribution in [0.2, 0.25) is 0 Å². The van der Waals surface area contributed by atoms with Crippen molar-refractivity contribution < 1.29 is 14.3 Å². The minimum absolute atomic E-state index is 0.279. The number of nitrogens with zero attached hydrogens (tertiary/aromatic N) is 1. The molecule has 1 aromatic carbocycles. The van der Waals surface area contributed by atoms with E-state index in [4.69, 9.17) is 5.11 Å². The summed E-state index contributed by atoms with van der Waals surface area (Å²) >= 11 is 0. The van der Waals surface area contributed by atoms with Gasteiger partial charge in [-0.3, -0.25) is 4.98 Å². The Bertz CT molecular complexity index is 540. The molecule has 0 aliphatic carbocycles. The SMILES string of the molecule is O=C(O)c1c(F)cccc1Cc1ccccn1. The van der Waals surface area contributed by atoms with Gasteiger partial charge in [0.25, 0.3) is 0 Å². The maximum Gasteiger partial charge on any atom is 0.338 e. The highest BCUT2D eigenvalue weighted by atomic mass is 19.1. The van der Waals surface area contributed by atoms with E-state index in [2.05, 4.69) is 4.98 Å². The summed E-state index contributed by atoms with van der Waals surface area (Å²) in [6, 6.07) is 9.60. The highest BCUT2D eigenvalue weighted by molar-refractivity contribution is 5.89. The normalized spacial score (nSPS) is 10.2. The molecule has 17 heavy (non-hydrogen) atoms. The Hall–Kier alpha value is -2.23. The van der Waals surface area contributed by atoms with Crippen molar-refractivity contribution in [3.05, 3.63) is 65.2 Å². The predicted octanol–water partition coefficient (Wildman–Crippen LogP) is 2.51. The Balaban J connectivity index is 2.40. The molecule has 2 rings (SSSR count). The van der Waals surface area contributed by atoms with Crippen LogP contribution in [-0.4, -0.2) is 16.1 Å². The van der Waals surface area contributed by atoms with Gasteiger partial charge >= 0.3 is 5.97 Å². The summed E-state index contributed by atoms with van der Waals surface area (Å²) in [6.45, 7) is 0. The first kappa shape index (κ1) is 11.3. The molecule has 0 saturated carbocycles. The number of benzene rings is 1. The summed E-state index contributed by atoms with van der Waals surface area (Å²) in [5.74, 6) is -1.97. The van der Waals surface area contributed by atoms with Crippen molar-refractivity contribution in [3.63, 3.8) is 0 Å². The minimum atomic E-state index is -1.26. The van der Waals surface area contributed by atoms with Crippen molar-refractivity contribution in [3.8, 4) is 0 Å². The van der Waals surface area contributed by atoms with Gasteiger partial charge in [-0.05, 0) is 23.8 Å². The second kappa shape index (κ2) is 4.74. The molecule has 1 N–H and O–H groups in total. The minimum Gasteiger partial charge on any atom is -0.478 e. The Morgan fingerprint density at radius 1 is 1.24 bits per heavy atom. The lowest BCUT2D eigenvalue weighted by Crippen LogP contribution is -2.06. The van der Waals surface area contributed by atoms with E-state index < -0.39 is 11.8 Å². The topological polar surface area (TPSA) is 50.2 Å². The largest absolute Gasteiger partial charge is 0.478 e. The van der Waals surface area contributed by atoms with Gasteiger partial charge < -0.3 is 5.11 Å². The van der Waals surface area contributed by atoms with Crippen LogP contribution >= 0.6 is 0 Å². The van der Waals surface area contributed by atoms with Crippen LogP contribution in [0.5, 0.6) is 0 Å². The average molecular weight is 231 g/mol. The summed E-state index contributed by atoms with van der Waals surface area (Å²) in [6.07, 6.45) is 1.93. The number of aromatic nitrogens is 1. The highest BCUT2D eigenvalue weighted by Crippen LogP contribution is 2.16. The van der Waals surface area contributed by atoms with E-state index in [0.29, 0.717) is 17.7 Å². The monoisotopic (exact) mass is 231 g/mol. The fraction of sp³-hybridized carbons (Fsp3) is 0.0769. The van der Waals surface area contributed by atoms with Crippen LogP contribution in [0.4, 0.5) is 4.39 Å². The third kappa shape index (κ3) is 2.47. The van der Waals surface area contributed by atoms with Crippen LogP contribution in [-0.2, 0) is 6.42 Å². The van der Waals surface area contributed by atoms with Gasteiger partial charge in [-0.1, -0.05) is 18.2 Å². The van der Waals surface area contributed by atoms with Crippen molar-refractivity contribution in [2.75, 3.05) is 0 Å². The lowest BCUT2D eigenvalue weighted by molar-refractivity contribution is 0.0691. The third-order valence-electron chi connectivity index (χ3n) is 2.41. The van der Waals surface area contributed by atoms with Crippen molar-refractivity contribution >= 4 is 5.97 Å². The molecule has 4 heteroatoms. The van der Waals surface area contributed by atoms with Crippen LogP contribution in [0, 0.1) is 5.82 Å². The first-order valence-electron chi connectivity index (χ1n) is 5.09. The molecule has 0 aliphatic rings. The molecule has 0 fully saturated rings. The van der Waals surface area contributed by atoms with Crippen LogP contribution < -0.4 is 0 Å².